The van der Waals surface area contributed by atoms with Crippen molar-refractivity contribution in [3.63, 3.8) is 0 Å². The van der Waals surface area contributed by atoms with Crippen LogP contribution in [0, 0.1) is 5.82 Å². The van der Waals surface area contributed by atoms with Crippen molar-refractivity contribution in [1.29, 1.82) is 0 Å². The third kappa shape index (κ3) is 2.69. The highest BCUT2D eigenvalue weighted by atomic mass is 19.1. The highest BCUT2D eigenvalue weighted by Gasteiger charge is 2.42. The number of carboxylic acids is 1. The Kier molecular flexibility index (Phi) is 3.63. The van der Waals surface area contributed by atoms with Crippen LogP contribution < -0.4 is 10.9 Å². The third-order valence-electron chi connectivity index (χ3n) is 4.27. The Hall–Kier alpha value is -2.70. The van der Waals surface area contributed by atoms with Gasteiger partial charge in [0, 0.05) is 11.5 Å². The van der Waals surface area contributed by atoms with Crippen molar-refractivity contribution >= 4 is 22.8 Å². The lowest BCUT2D eigenvalue weighted by Crippen LogP contribution is -2.52. The van der Waals surface area contributed by atoms with E-state index >= 15 is 0 Å². The lowest BCUT2D eigenvalue weighted by Gasteiger charge is -2.25. The van der Waals surface area contributed by atoms with Crippen LogP contribution >= 0.6 is 0 Å². The molecule has 3 N–H and O–H groups in total. The minimum Gasteiger partial charge on any atom is -0.480 e. The second-order valence-electron chi connectivity index (χ2n) is 5.79. The molecular weight excluding hydrogens is 303 g/mol. The molecule has 0 atom stereocenters. The number of aromatic amines is 1. The summed E-state index contributed by atoms with van der Waals surface area (Å²) in [6, 6.07) is 4.79. The summed E-state index contributed by atoms with van der Waals surface area (Å²) in [6.07, 6.45) is 2.13. The monoisotopic (exact) mass is 318 g/mol. The molecule has 23 heavy (non-hydrogen) atoms. The number of H-pyrrole nitrogens is 1. The number of aromatic nitrogens is 1. The van der Waals surface area contributed by atoms with Crippen molar-refractivity contribution in [2.75, 3.05) is 0 Å². The van der Waals surface area contributed by atoms with Crippen LogP contribution in [0.15, 0.2) is 29.1 Å². The van der Waals surface area contributed by atoms with Crippen LogP contribution in [0.4, 0.5) is 4.39 Å². The van der Waals surface area contributed by atoms with Gasteiger partial charge < -0.3 is 15.4 Å². The molecule has 0 unspecified atom stereocenters. The number of carbonyl (C=O) groups is 2. The van der Waals surface area contributed by atoms with Crippen molar-refractivity contribution in [3.8, 4) is 0 Å². The Morgan fingerprint density at radius 1 is 1.22 bits per heavy atom. The second kappa shape index (κ2) is 5.49. The maximum absolute atomic E-state index is 13.3. The molecule has 120 valence electrons. The van der Waals surface area contributed by atoms with Gasteiger partial charge in [-0.25, -0.2) is 9.18 Å². The summed E-state index contributed by atoms with van der Waals surface area (Å²) in [5, 5.41) is 12.4. The van der Waals surface area contributed by atoms with Gasteiger partial charge in [-0.1, -0.05) is 12.8 Å². The number of fused-ring (bicyclic) bond motifs is 1. The summed E-state index contributed by atoms with van der Waals surface area (Å²) >= 11 is 0. The molecule has 1 heterocycles. The van der Waals surface area contributed by atoms with Gasteiger partial charge in [0.15, 0.2) is 0 Å². The first-order valence-electron chi connectivity index (χ1n) is 7.30. The second-order valence-corrected chi connectivity index (χ2v) is 5.79. The van der Waals surface area contributed by atoms with Crippen LogP contribution in [0.1, 0.15) is 36.0 Å². The van der Waals surface area contributed by atoms with Gasteiger partial charge in [-0.2, -0.15) is 0 Å². The molecule has 0 radical (unpaired) electrons. The fraction of sp³-hybridized carbons (Fsp3) is 0.312. The molecule has 1 aliphatic rings. The number of carbonyl (C=O) groups excluding carboxylic acids is 1. The third-order valence-corrected chi connectivity index (χ3v) is 4.27. The predicted molar refractivity (Wildman–Crippen MR) is 80.8 cm³/mol. The Bertz CT molecular complexity index is 853. The van der Waals surface area contributed by atoms with Crippen molar-refractivity contribution in [3.05, 3.63) is 46.0 Å². The highest BCUT2D eigenvalue weighted by molar-refractivity contribution is 6.07. The smallest absolute Gasteiger partial charge is 0.329 e. The fourth-order valence-electron chi connectivity index (χ4n) is 3.08. The Morgan fingerprint density at radius 3 is 2.57 bits per heavy atom. The molecule has 2 aromatic rings. The van der Waals surface area contributed by atoms with Gasteiger partial charge in [0.05, 0.1) is 11.1 Å². The molecular formula is C16H15FN2O4. The Balaban J connectivity index is 2.04. The van der Waals surface area contributed by atoms with E-state index in [1.165, 1.54) is 12.1 Å². The van der Waals surface area contributed by atoms with Gasteiger partial charge in [-0.15, -0.1) is 0 Å². The summed E-state index contributed by atoms with van der Waals surface area (Å²) in [5.41, 5.74) is -1.62. The molecule has 0 saturated heterocycles. The zero-order valence-corrected chi connectivity index (χ0v) is 12.2. The van der Waals surface area contributed by atoms with Crippen LogP contribution in [0.2, 0.25) is 0 Å². The molecule has 1 aromatic heterocycles. The zero-order chi connectivity index (χ0) is 16.6. The normalized spacial score (nSPS) is 16.4. The van der Waals surface area contributed by atoms with Crippen LogP contribution in [-0.2, 0) is 4.79 Å². The molecule has 3 rings (SSSR count). The predicted octanol–water partition coefficient (Wildman–Crippen LogP) is 1.79. The SMILES string of the molecule is O=C(NC1(C(=O)O)CCCC1)c1cc(=O)[nH]c2cc(F)ccc12. The molecule has 7 heteroatoms. The molecule has 1 aromatic carbocycles. The van der Waals surface area contributed by atoms with Crippen molar-refractivity contribution in [2.45, 2.75) is 31.2 Å². The summed E-state index contributed by atoms with van der Waals surface area (Å²) < 4.78 is 13.3. The van der Waals surface area contributed by atoms with E-state index in [4.69, 9.17) is 0 Å². The summed E-state index contributed by atoms with van der Waals surface area (Å²) in [4.78, 5) is 38.2. The van der Waals surface area contributed by atoms with Crippen LogP contribution in [0.5, 0.6) is 0 Å². The number of amides is 1. The largest absolute Gasteiger partial charge is 0.480 e. The van der Waals surface area contributed by atoms with E-state index in [-0.39, 0.29) is 11.1 Å². The molecule has 0 aliphatic heterocycles. The first-order chi connectivity index (χ1) is 10.9. The van der Waals surface area contributed by atoms with E-state index in [1.54, 1.807) is 0 Å². The molecule has 1 saturated carbocycles. The molecule has 1 aliphatic carbocycles. The Labute approximate surface area is 130 Å². The summed E-state index contributed by atoms with van der Waals surface area (Å²) in [5.74, 6) is -2.26. The lowest BCUT2D eigenvalue weighted by atomic mass is 9.96. The number of hydrogen-bond donors (Lipinski definition) is 3. The maximum Gasteiger partial charge on any atom is 0.329 e. The van der Waals surface area contributed by atoms with E-state index in [0.717, 1.165) is 12.1 Å². The number of halogens is 1. The number of nitrogens with one attached hydrogen (secondary N) is 2. The summed E-state index contributed by atoms with van der Waals surface area (Å²) in [6.45, 7) is 0. The quantitative estimate of drug-likeness (QED) is 0.803. The standard InChI is InChI=1S/C16H15FN2O4/c17-9-3-4-10-11(8-13(20)18-12(10)7-9)14(21)19-16(15(22)23)5-1-2-6-16/h3-4,7-8H,1-2,5-6H2,(H,18,20)(H,19,21)(H,22,23). The topological polar surface area (TPSA) is 99.3 Å². The molecule has 1 fully saturated rings. The lowest BCUT2D eigenvalue weighted by molar-refractivity contribution is -0.144. The first kappa shape index (κ1) is 15.2. The van der Waals surface area contributed by atoms with E-state index in [2.05, 4.69) is 10.3 Å². The average molecular weight is 318 g/mol. The minimum atomic E-state index is -1.30. The van der Waals surface area contributed by atoms with E-state index in [1.807, 2.05) is 0 Å². The number of pyridine rings is 1. The molecule has 0 bridgehead atoms. The van der Waals surface area contributed by atoms with Crippen molar-refractivity contribution in [2.24, 2.45) is 0 Å². The minimum absolute atomic E-state index is 0.0382. The van der Waals surface area contributed by atoms with Crippen LogP contribution in [0.25, 0.3) is 10.9 Å². The van der Waals surface area contributed by atoms with Gasteiger partial charge in [0.2, 0.25) is 5.56 Å². The van der Waals surface area contributed by atoms with Gasteiger partial charge >= 0.3 is 5.97 Å². The van der Waals surface area contributed by atoms with Gasteiger partial charge in [0.25, 0.3) is 5.91 Å². The first-order valence-corrected chi connectivity index (χ1v) is 7.30. The summed E-state index contributed by atoms with van der Waals surface area (Å²) in [7, 11) is 0. The molecule has 0 spiro atoms. The number of benzene rings is 1. The highest BCUT2D eigenvalue weighted by Crippen LogP contribution is 2.30. The molecule has 1 amide bonds. The van der Waals surface area contributed by atoms with Crippen LogP contribution in [-0.4, -0.2) is 27.5 Å². The van der Waals surface area contributed by atoms with Crippen LogP contribution in [0.3, 0.4) is 0 Å². The number of hydrogen-bond acceptors (Lipinski definition) is 3. The van der Waals surface area contributed by atoms with E-state index in [0.29, 0.717) is 31.1 Å². The fourth-order valence-corrected chi connectivity index (χ4v) is 3.08. The zero-order valence-electron chi connectivity index (χ0n) is 12.2. The Morgan fingerprint density at radius 2 is 1.91 bits per heavy atom. The number of carboxylic acid groups (broad SMARTS) is 1. The van der Waals surface area contributed by atoms with Crippen molar-refractivity contribution < 1.29 is 19.1 Å². The van der Waals surface area contributed by atoms with Crippen molar-refractivity contribution in [1.82, 2.24) is 10.3 Å². The number of aliphatic carboxylic acids is 1. The maximum atomic E-state index is 13.3. The number of rotatable bonds is 3. The molecule has 6 nitrogen and oxygen atoms in total. The van der Waals surface area contributed by atoms with Gasteiger partial charge in [-0.3, -0.25) is 9.59 Å². The van der Waals surface area contributed by atoms with Gasteiger partial charge in [-0.05, 0) is 31.0 Å². The van der Waals surface area contributed by atoms with Gasteiger partial charge in [0.1, 0.15) is 11.4 Å². The van der Waals surface area contributed by atoms with E-state index in [9.17, 15) is 23.9 Å². The van der Waals surface area contributed by atoms with E-state index < -0.39 is 28.8 Å². The average Bonchev–Trinajstić information content (AvgIpc) is 2.95.